The molecule has 3 aromatic carbocycles. The lowest BCUT2D eigenvalue weighted by molar-refractivity contribution is 0.0523. The first-order valence-corrected chi connectivity index (χ1v) is 13.4. The molecule has 6 heteroatoms. The maximum absolute atomic E-state index is 12.5. The highest BCUT2D eigenvalue weighted by molar-refractivity contribution is 7.98. The largest absolute Gasteiger partial charge is 0.444 e. The van der Waals surface area contributed by atoms with Crippen molar-refractivity contribution in [2.75, 3.05) is 6.54 Å². The van der Waals surface area contributed by atoms with Crippen LogP contribution in [0.4, 0.5) is 4.79 Å². The molecular weight excluding hydrogens is 460 g/mol. The van der Waals surface area contributed by atoms with Gasteiger partial charge in [0, 0.05) is 34.0 Å². The molecule has 0 aliphatic carbocycles. The molecule has 1 aliphatic rings. The number of thioether (sulfide) groups is 1. The second-order valence-electron chi connectivity index (χ2n) is 9.53. The Morgan fingerprint density at radius 3 is 2.44 bits per heavy atom. The maximum Gasteiger partial charge on any atom is 0.407 e. The van der Waals surface area contributed by atoms with Crippen molar-refractivity contribution in [2.45, 2.75) is 60.8 Å². The van der Waals surface area contributed by atoms with E-state index in [4.69, 9.17) is 4.74 Å². The quantitative estimate of drug-likeness (QED) is 0.366. The minimum atomic E-state index is -0.540. The summed E-state index contributed by atoms with van der Waals surface area (Å²) in [5.41, 5.74) is 4.61. The molecule has 0 saturated carbocycles. The fourth-order valence-electron chi connectivity index (χ4n) is 4.08. The molecule has 0 bridgehead atoms. The lowest BCUT2D eigenvalue weighted by atomic mass is 9.83. The summed E-state index contributed by atoms with van der Waals surface area (Å²) in [5.74, 6) is 1.01. The molecule has 0 aromatic heterocycles. The highest BCUT2D eigenvalue weighted by atomic mass is 32.2. The van der Waals surface area contributed by atoms with Gasteiger partial charge in [-0.1, -0.05) is 60.2 Å². The summed E-state index contributed by atoms with van der Waals surface area (Å²) in [7, 11) is 0. The first kappa shape index (κ1) is 24.7. The topological polar surface area (TPSA) is 50.4 Å². The van der Waals surface area contributed by atoms with E-state index in [1.807, 2.05) is 32.5 Å². The van der Waals surface area contributed by atoms with Crippen molar-refractivity contribution in [1.82, 2.24) is 10.0 Å². The molecule has 0 saturated heterocycles. The van der Waals surface area contributed by atoms with Crippen LogP contribution in [0, 0.1) is 6.92 Å². The van der Waals surface area contributed by atoms with Gasteiger partial charge in [-0.15, -0.1) is 11.8 Å². The number of fused-ring (bicyclic) bond motifs is 2. The van der Waals surface area contributed by atoms with Crippen LogP contribution in [0.1, 0.15) is 48.9 Å². The van der Waals surface area contributed by atoms with Crippen LogP contribution in [0.3, 0.4) is 0 Å². The Morgan fingerprint density at radius 2 is 1.71 bits per heavy atom. The van der Waals surface area contributed by atoms with Crippen LogP contribution in [0.2, 0.25) is 0 Å². The van der Waals surface area contributed by atoms with Crippen molar-refractivity contribution in [3.05, 3.63) is 95.1 Å². The number of benzene rings is 3. The van der Waals surface area contributed by atoms with E-state index < -0.39 is 11.7 Å². The van der Waals surface area contributed by atoms with Gasteiger partial charge in [-0.3, -0.25) is 4.72 Å². The number of aryl methyl sites for hydroxylation is 1. The maximum atomic E-state index is 12.5. The van der Waals surface area contributed by atoms with Gasteiger partial charge in [0.25, 0.3) is 0 Å². The monoisotopic (exact) mass is 492 g/mol. The third-order valence-corrected chi connectivity index (χ3v) is 7.71. The van der Waals surface area contributed by atoms with Gasteiger partial charge in [-0.2, -0.15) is 0 Å². The Balaban J connectivity index is 1.66. The number of carbonyl (C=O) groups is 1. The molecule has 34 heavy (non-hydrogen) atoms. The average molecular weight is 493 g/mol. The van der Waals surface area contributed by atoms with E-state index in [9.17, 15) is 4.79 Å². The van der Waals surface area contributed by atoms with Gasteiger partial charge >= 0.3 is 6.09 Å². The summed E-state index contributed by atoms with van der Waals surface area (Å²) in [5, 5.41) is 3.02. The lowest BCUT2D eigenvalue weighted by Gasteiger charge is -2.30. The standard InChI is InChI=1S/C28H32N2O2S2/c1-19-13-15-21(16-14-19)34-30-24(17-29-27(31)32-28(2,3)4)26-22-10-6-5-9-20(22)18-33-25-12-8-7-11-23(25)26/h5-16,24,26,30H,17-18H2,1-4H3,(H,29,31)/t24-,26?/m1/s1. The summed E-state index contributed by atoms with van der Waals surface area (Å²) in [6.45, 7) is 8.16. The first-order chi connectivity index (χ1) is 16.3. The number of nitrogens with one attached hydrogen (secondary N) is 2. The van der Waals surface area contributed by atoms with Crippen molar-refractivity contribution in [3.63, 3.8) is 0 Å². The summed E-state index contributed by atoms with van der Waals surface area (Å²) in [6, 6.07) is 25.7. The van der Waals surface area contributed by atoms with E-state index in [2.05, 4.69) is 89.8 Å². The fourth-order valence-corrected chi connectivity index (χ4v) is 5.97. The highest BCUT2D eigenvalue weighted by Crippen LogP contribution is 2.42. The first-order valence-electron chi connectivity index (χ1n) is 11.6. The summed E-state index contributed by atoms with van der Waals surface area (Å²) in [4.78, 5) is 15.0. The molecule has 1 unspecified atom stereocenters. The van der Waals surface area contributed by atoms with Crippen LogP contribution in [-0.4, -0.2) is 24.3 Å². The van der Waals surface area contributed by atoms with Gasteiger partial charge in [0.05, 0.1) is 0 Å². The molecule has 0 spiro atoms. The number of carbonyl (C=O) groups excluding carboxylic acids is 1. The van der Waals surface area contributed by atoms with E-state index in [0.29, 0.717) is 6.54 Å². The predicted molar refractivity (Wildman–Crippen MR) is 142 cm³/mol. The average Bonchev–Trinajstić information content (AvgIpc) is 2.96. The Labute approximate surface area is 211 Å². The molecule has 178 valence electrons. The van der Waals surface area contributed by atoms with E-state index >= 15 is 0 Å². The zero-order valence-electron chi connectivity index (χ0n) is 20.1. The smallest absolute Gasteiger partial charge is 0.407 e. The van der Waals surface area contributed by atoms with Crippen LogP contribution in [0.25, 0.3) is 0 Å². The third kappa shape index (κ3) is 6.38. The number of hydrogen-bond donors (Lipinski definition) is 2. The number of ether oxygens (including phenoxy) is 1. The van der Waals surface area contributed by atoms with E-state index in [-0.39, 0.29) is 12.0 Å². The molecule has 1 amide bonds. The Bertz CT molecular complexity index is 1080. The van der Waals surface area contributed by atoms with Gasteiger partial charge < -0.3 is 10.1 Å². The van der Waals surface area contributed by atoms with Crippen molar-refractivity contribution in [2.24, 2.45) is 0 Å². The van der Waals surface area contributed by atoms with Crippen molar-refractivity contribution >= 4 is 29.8 Å². The second-order valence-corrected chi connectivity index (χ2v) is 11.5. The van der Waals surface area contributed by atoms with Crippen LogP contribution in [0.15, 0.2) is 82.6 Å². The van der Waals surface area contributed by atoms with Gasteiger partial charge in [-0.25, -0.2) is 4.79 Å². The molecule has 4 rings (SSSR count). The van der Waals surface area contributed by atoms with Gasteiger partial charge in [0.1, 0.15) is 5.60 Å². The molecule has 1 aliphatic heterocycles. The minimum Gasteiger partial charge on any atom is -0.444 e. The van der Waals surface area contributed by atoms with E-state index in [1.165, 1.54) is 27.1 Å². The number of hydrogen-bond acceptors (Lipinski definition) is 5. The molecule has 0 fully saturated rings. The molecule has 2 atom stereocenters. The summed E-state index contributed by atoms with van der Waals surface area (Å²) in [6.07, 6.45) is -0.399. The second kappa shape index (κ2) is 10.9. The van der Waals surface area contributed by atoms with Crippen molar-refractivity contribution in [3.8, 4) is 0 Å². The molecular formula is C28H32N2O2S2. The predicted octanol–water partition coefficient (Wildman–Crippen LogP) is 6.92. The van der Waals surface area contributed by atoms with Crippen LogP contribution in [0.5, 0.6) is 0 Å². The van der Waals surface area contributed by atoms with E-state index in [1.54, 1.807) is 11.9 Å². The van der Waals surface area contributed by atoms with Gasteiger partial charge in [0.15, 0.2) is 0 Å². The molecule has 3 aromatic rings. The summed E-state index contributed by atoms with van der Waals surface area (Å²) < 4.78 is 9.22. The summed E-state index contributed by atoms with van der Waals surface area (Å²) >= 11 is 3.48. The lowest BCUT2D eigenvalue weighted by Crippen LogP contribution is -2.44. The van der Waals surface area contributed by atoms with Gasteiger partial charge in [0.2, 0.25) is 0 Å². The number of amides is 1. The normalized spacial score (nSPS) is 16.1. The van der Waals surface area contributed by atoms with Crippen LogP contribution in [-0.2, 0) is 10.5 Å². The Morgan fingerprint density at radius 1 is 1.03 bits per heavy atom. The van der Waals surface area contributed by atoms with Crippen molar-refractivity contribution < 1.29 is 9.53 Å². The Kier molecular flexibility index (Phi) is 7.91. The van der Waals surface area contributed by atoms with Crippen molar-refractivity contribution in [1.29, 1.82) is 0 Å². The molecule has 4 nitrogen and oxygen atoms in total. The SMILES string of the molecule is Cc1ccc(SN[C@H](CNC(=O)OC(C)(C)C)C2c3ccccc3CSc3ccccc32)cc1. The minimum absolute atomic E-state index is 0.0557. The van der Waals surface area contributed by atoms with Gasteiger partial charge in [-0.05, 0) is 74.5 Å². The zero-order chi connectivity index (χ0) is 24.1. The number of alkyl carbamates (subject to hydrolysis) is 1. The molecule has 1 heterocycles. The molecule has 0 radical (unpaired) electrons. The van der Waals surface area contributed by atoms with E-state index in [0.717, 1.165) is 10.6 Å². The van der Waals surface area contributed by atoms with Crippen LogP contribution < -0.4 is 10.0 Å². The third-order valence-electron chi connectivity index (χ3n) is 5.64. The molecule has 2 N–H and O–H groups in total. The Hall–Kier alpha value is -2.41. The zero-order valence-corrected chi connectivity index (χ0v) is 21.8. The highest BCUT2D eigenvalue weighted by Gasteiger charge is 2.31. The number of rotatable bonds is 6. The fraction of sp³-hybridized carbons (Fsp3) is 0.321. The van der Waals surface area contributed by atoms with Crippen LogP contribution >= 0.6 is 23.7 Å².